The quantitative estimate of drug-likeness (QED) is 0.615. The number of nitrogens with zero attached hydrogens (tertiary/aromatic N) is 1. The van der Waals surface area contributed by atoms with E-state index in [1.807, 2.05) is 0 Å². The molecule has 80 valence electrons. The van der Waals surface area contributed by atoms with E-state index >= 15 is 0 Å². The van der Waals surface area contributed by atoms with Crippen LogP contribution in [0.3, 0.4) is 0 Å². The number of nitriles is 1. The summed E-state index contributed by atoms with van der Waals surface area (Å²) in [4.78, 5) is 11.1. The van der Waals surface area contributed by atoms with Crippen LogP contribution in [0.4, 0.5) is 0 Å². The second-order valence-corrected chi connectivity index (χ2v) is 3.58. The summed E-state index contributed by atoms with van der Waals surface area (Å²) in [7, 11) is 0. The molecule has 0 fully saturated rings. The van der Waals surface area contributed by atoms with Gasteiger partial charge in [0.25, 0.3) is 0 Å². The largest absolute Gasteiger partial charge is 0.466 e. The van der Waals surface area contributed by atoms with Crippen LogP contribution in [0.25, 0.3) is 0 Å². The zero-order valence-electron chi connectivity index (χ0n) is 9.25. The minimum atomic E-state index is -0.262. The van der Waals surface area contributed by atoms with E-state index in [4.69, 9.17) is 10.00 Å². The highest BCUT2D eigenvalue weighted by atomic mass is 16.5. The molecule has 1 unspecified atom stereocenters. The standard InChI is InChI=1S/C11H19NO2/c1-4-9(3)6-10(8-12)7-11(13)14-5-2/h9-10H,4-7H2,1-3H3/t9-,10?/m1/s1. The van der Waals surface area contributed by atoms with E-state index in [1.54, 1.807) is 6.92 Å². The Hall–Kier alpha value is -1.04. The fourth-order valence-electron chi connectivity index (χ4n) is 1.26. The predicted octanol–water partition coefficient (Wildman–Crippen LogP) is 2.52. The Morgan fingerprint density at radius 2 is 2.14 bits per heavy atom. The van der Waals surface area contributed by atoms with Crippen LogP contribution in [-0.2, 0) is 9.53 Å². The lowest BCUT2D eigenvalue weighted by Crippen LogP contribution is -2.12. The van der Waals surface area contributed by atoms with Crippen LogP contribution in [0.2, 0.25) is 0 Å². The van der Waals surface area contributed by atoms with Crippen molar-refractivity contribution >= 4 is 5.97 Å². The molecule has 0 aromatic carbocycles. The van der Waals surface area contributed by atoms with Crippen LogP contribution in [0.1, 0.15) is 40.0 Å². The third-order valence-corrected chi connectivity index (χ3v) is 2.28. The first-order valence-corrected chi connectivity index (χ1v) is 5.19. The minimum absolute atomic E-state index is 0.191. The third-order valence-electron chi connectivity index (χ3n) is 2.28. The maximum Gasteiger partial charge on any atom is 0.307 e. The van der Waals surface area contributed by atoms with Gasteiger partial charge in [-0.05, 0) is 19.3 Å². The van der Waals surface area contributed by atoms with E-state index in [1.165, 1.54) is 0 Å². The molecular weight excluding hydrogens is 178 g/mol. The molecule has 0 aromatic heterocycles. The highest BCUT2D eigenvalue weighted by Gasteiger charge is 2.16. The third kappa shape index (κ3) is 5.58. The zero-order valence-corrected chi connectivity index (χ0v) is 9.25. The van der Waals surface area contributed by atoms with Gasteiger partial charge in [0.15, 0.2) is 0 Å². The lowest BCUT2D eigenvalue weighted by molar-refractivity contribution is -0.143. The molecule has 3 nitrogen and oxygen atoms in total. The van der Waals surface area contributed by atoms with Crippen molar-refractivity contribution in [3.8, 4) is 6.07 Å². The molecule has 0 amide bonds. The molecule has 0 spiro atoms. The minimum Gasteiger partial charge on any atom is -0.466 e. The molecule has 0 rings (SSSR count). The van der Waals surface area contributed by atoms with Crippen molar-refractivity contribution < 1.29 is 9.53 Å². The maximum atomic E-state index is 11.1. The molecule has 0 radical (unpaired) electrons. The predicted molar refractivity (Wildman–Crippen MR) is 54.4 cm³/mol. The fourth-order valence-corrected chi connectivity index (χ4v) is 1.26. The van der Waals surface area contributed by atoms with Crippen LogP contribution in [0, 0.1) is 23.2 Å². The number of carbonyl (C=O) groups excluding carboxylic acids is 1. The monoisotopic (exact) mass is 197 g/mol. The number of rotatable bonds is 6. The summed E-state index contributed by atoms with van der Waals surface area (Å²) >= 11 is 0. The van der Waals surface area contributed by atoms with Crippen LogP contribution in [0.5, 0.6) is 0 Å². The van der Waals surface area contributed by atoms with Crippen LogP contribution >= 0.6 is 0 Å². The van der Waals surface area contributed by atoms with E-state index in [0.29, 0.717) is 12.5 Å². The Labute approximate surface area is 86.1 Å². The van der Waals surface area contributed by atoms with Crippen LogP contribution in [0.15, 0.2) is 0 Å². The Bertz CT molecular complexity index is 208. The average Bonchev–Trinajstić information content (AvgIpc) is 2.16. The van der Waals surface area contributed by atoms with E-state index in [2.05, 4.69) is 19.9 Å². The Balaban J connectivity index is 3.92. The Morgan fingerprint density at radius 1 is 1.50 bits per heavy atom. The van der Waals surface area contributed by atoms with Gasteiger partial charge in [-0.2, -0.15) is 5.26 Å². The van der Waals surface area contributed by atoms with Gasteiger partial charge in [-0.1, -0.05) is 20.3 Å². The molecule has 0 aliphatic carbocycles. The second kappa shape index (κ2) is 7.37. The molecule has 14 heavy (non-hydrogen) atoms. The van der Waals surface area contributed by atoms with E-state index in [-0.39, 0.29) is 18.3 Å². The van der Waals surface area contributed by atoms with Crippen molar-refractivity contribution in [2.75, 3.05) is 6.61 Å². The summed E-state index contributed by atoms with van der Waals surface area (Å²) in [5.74, 6) is 0.0421. The average molecular weight is 197 g/mol. The van der Waals surface area contributed by atoms with Crippen molar-refractivity contribution in [1.82, 2.24) is 0 Å². The highest BCUT2D eigenvalue weighted by molar-refractivity contribution is 5.70. The van der Waals surface area contributed by atoms with Crippen molar-refractivity contribution in [3.63, 3.8) is 0 Å². The zero-order chi connectivity index (χ0) is 11.0. The summed E-state index contributed by atoms with van der Waals surface area (Å²) in [6.45, 7) is 6.34. The molecule has 0 N–H and O–H groups in total. The smallest absolute Gasteiger partial charge is 0.307 e. The van der Waals surface area contributed by atoms with E-state index in [0.717, 1.165) is 12.8 Å². The highest BCUT2D eigenvalue weighted by Crippen LogP contribution is 2.17. The Morgan fingerprint density at radius 3 is 2.57 bits per heavy atom. The van der Waals surface area contributed by atoms with Gasteiger partial charge in [-0.3, -0.25) is 4.79 Å². The first-order chi connectivity index (χ1) is 6.63. The fraction of sp³-hybridized carbons (Fsp3) is 0.818. The molecule has 0 bridgehead atoms. The van der Waals surface area contributed by atoms with Crippen molar-refractivity contribution in [3.05, 3.63) is 0 Å². The van der Waals surface area contributed by atoms with Gasteiger partial charge in [-0.15, -0.1) is 0 Å². The van der Waals surface area contributed by atoms with Crippen molar-refractivity contribution in [1.29, 1.82) is 5.26 Å². The van der Waals surface area contributed by atoms with Gasteiger partial charge in [-0.25, -0.2) is 0 Å². The summed E-state index contributed by atoms with van der Waals surface area (Å²) in [5.41, 5.74) is 0. The SMILES string of the molecule is CCOC(=O)CC(C#N)C[C@H](C)CC. The van der Waals surface area contributed by atoms with Crippen LogP contribution in [-0.4, -0.2) is 12.6 Å². The molecule has 0 saturated heterocycles. The van der Waals surface area contributed by atoms with E-state index in [9.17, 15) is 4.79 Å². The lowest BCUT2D eigenvalue weighted by Gasteiger charge is -2.12. The lowest BCUT2D eigenvalue weighted by atomic mass is 9.93. The summed E-state index contributed by atoms with van der Waals surface area (Å²) < 4.78 is 4.80. The second-order valence-electron chi connectivity index (χ2n) is 3.58. The molecule has 0 aliphatic heterocycles. The van der Waals surface area contributed by atoms with Gasteiger partial charge in [0.1, 0.15) is 0 Å². The van der Waals surface area contributed by atoms with Crippen molar-refractivity contribution in [2.45, 2.75) is 40.0 Å². The summed E-state index contributed by atoms with van der Waals surface area (Å²) in [6, 6.07) is 2.16. The first-order valence-electron chi connectivity index (χ1n) is 5.19. The molecule has 0 aromatic rings. The van der Waals surface area contributed by atoms with Crippen LogP contribution < -0.4 is 0 Å². The topological polar surface area (TPSA) is 50.1 Å². The first kappa shape index (κ1) is 13.0. The number of hydrogen-bond acceptors (Lipinski definition) is 3. The van der Waals surface area contributed by atoms with Gasteiger partial charge in [0.2, 0.25) is 0 Å². The summed E-state index contributed by atoms with van der Waals surface area (Å²) in [6.07, 6.45) is 2.06. The molecule has 3 heteroatoms. The van der Waals surface area contributed by atoms with E-state index < -0.39 is 0 Å². The van der Waals surface area contributed by atoms with Gasteiger partial charge >= 0.3 is 5.97 Å². The van der Waals surface area contributed by atoms with Gasteiger partial charge in [0.05, 0.1) is 25.0 Å². The molecule has 0 heterocycles. The molecule has 2 atom stereocenters. The molecule has 0 aliphatic rings. The van der Waals surface area contributed by atoms with Gasteiger partial charge in [0, 0.05) is 0 Å². The number of ether oxygens (including phenoxy) is 1. The maximum absolute atomic E-state index is 11.1. The number of carbonyl (C=O) groups is 1. The molecule has 0 saturated carbocycles. The summed E-state index contributed by atoms with van der Waals surface area (Å²) in [5, 5.41) is 8.83. The normalized spacial score (nSPS) is 14.1. The molecular formula is C11H19NO2. The number of hydrogen-bond donors (Lipinski definition) is 0. The number of esters is 1. The Kier molecular flexibility index (Phi) is 6.82. The van der Waals surface area contributed by atoms with Crippen molar-refractivity contribution in [2.24, 2.45) is 11.8 Å². The van der Waals surface area contributed by atoms with Gasteiger partial charge < -0.3 is 4.74 Å².